The van der Waals surface area contributed by atoms with Crippen LogP contribution in [0.3, 0.4) is 0 Å². The average Bonchev–Trinajstić information content (AvgIpc) is 3.60. The number of hydrogen-bond acceptors (Lipinski definition) is 4. The Kier molecular flexibility index (Phi) is 4.66. The third kappa shape index (κ3) is 3.19. The summed E-state index contributed by atoms with van der Waals surface area (Å²) in [5, 5.41) is 8.44. The van der Waals surface area contributed by atoms with Gasteiger partial charge in [-0.05, 0) is 70.1 Å². The summed E-state index contributed by atoms with van der Waals surface area (Å²) < 4.78 is 3.68. The zero-order valence-electron chi connectivity index (χ0n) is 20.2. The lowest BCUT2D eigenvalue weighted by atomic mass is 10.0. The summed E-state index contributed by atoms with van der Waals surface area (Å²) in [5.41, 5.74) is 6.73. The fourth-order valence-corrected chi connectivity index (χ4v) is 6.43. The number of thiophene rings is 1. The van der Waals surface area contributed by atoms with Gasteiger partial charge in [0, 0.05) is 23.2 Å². The molecular weight excluding hydrogens is 484 g/mol. The van der Waals surface area contributed by atoms with Crippen LogP contribution in [-0.4, -0.2) is 19.5 Å². The van der Waals surface area contributed by atoms with Crippen LogP contribution in [0.15, 0.2) is 121 Å². The van der Waals surface area contributed by atoms with Gasteiger partial charge in [0.25, 0.3) is 0 Å². The summed E-state index contributed by atoms with van der Waals surface area (Å²) >= 11 is 1.79. The number of pyridine rings is 3. The summed E-state index contributed by atoms with van der Waals surface area (Å²) in [6.07, 6.45) is 3.62. The molecule has 0 N–H and O–H groups in total. The van der Waals surface area contributed by atoms with Crippen LogP contribution in [0.1, 0.15) is 0 Å². The van der Waals surface area contributed by atoms with E-state index < -0.39 is 0 Å². The van der Waals surface area contributed by atoms with Crippen LogP contribution in [0.4, 0.5) is 0 Å². The van der Waals surface area contributed by atoms with Gasteiger partial charge in [-0.1, -0.05) is 54.6 Å². The number of benzene rings is 3. The van der Waals surface area contributed by atoms with Crippen molar-refractivity contribution in [1.29, 1.82) is 0 Å². The maximum absolute atomic E-state index is 5.01. The summed E-state index contributed by atoms with van der Waals surface area (Å²) in [6, 6.07) is 36.0. The third-order valence-corrected chi connectivity index (χ3v) is 8.10. The van der Waals surface area contributed by atoms with Gasteiger partial charge < -0.3 is 4.57 Å². The van der Waals surface area contributed by atoms with Crippen molar-refractivity contribution in [2.24, 2.45) is 0 Å². The molecule has 0 atom stereocenters. The highest BCUT2D eigenvalue weighted by Gasteiger charge is 2.19. The Morgan fingerprint density at radius 2 is 1.29 bits per heavy atom. The molecule has 0 aliphatic carbocycles. The first-order valence-electron chi connectivity index (χ1n) is 12.5. The summed E-state index contributed by atoms with van der Waals surface area (Å²) in [6.45, 7) is 0. The van der Waals surface area contributed by atoms with E-state index >= 15 is 0 Å². The van der Waals surface area contributed by atoms with E-state index in [9.17, 15) is 0 Å². The normalized spacial score (nSPS) is 11.7. The summed E-state index contributed by atoms with van der Waals surface area (Å²) in [5.74, 6) is 0. The number of fused-ring (bicyclic) bond motifs is 7. The number of nitrogens with zero attached hydrogens (tertiary/aromatic N) is 4. The van der Waals surface area contributed by atoms with Crippen molar-refractivity contribution < 1.29 is 0 Å². The van der Waals surface area contributed by atoms with Gasteiger partial charge in [0.15, 0.2) is 0 Å². The first kappa shape index (κ1) is 21.2. The Morgan fingerprint density at radius 3 is 2.03 bits per heavy atom. The molecule has 0 radical (unpaired) electrons. The van der Waals surface area contributed by atoms with Crippen LogP contribution < -0.4 is 0 Å². The van der Waals surface area contributed by atoms with Crippen LogP contribution in [-0.2, 0) is 0 Å². The second-order valence-electron chi connectivity index (χ2n) is 9.34. The quantitative estimate of drug-likeness (QED) is 0.242. The Balaban J connectivity index is 1.55. The van der Waals surface area contributed by atoms with Crippen molar-refractivity contribution in [1.82, 2.24) is 19.5 Å². The molecule has 0 spiro atoms. The number of hydrogen-bond donors (Lipinski definition) is 0. The van der Waals surface area contributed by atoms with E-state index in [1.165, 1.54) is 42.7 Å². The molecule has 0 aliphatic heterocycles. The monoisotopic (exact) mass is 504 g/mol. The van der Waals surface area contributed by atoms with Crippen LogP contribution in [0, 0.1) is 0 Å². The highest BCUT2D eigenvalue weighted by molar-refractivity contribution is 7.18. The van der Waals surface area contributed by atoms with Crippen molar-refractivity contribution in [3.8, 4) is 28.5 Å². The molecule has 8 rings (SSSR count). The summed E-state index contributed by atoms with van der Waals surface area (Å²) in [7, 11) is 0. The zero-order chi connectivity index (χ0) is 25.1. The molecule has 38 heavy (non-hydrogen) atoms. The van der Waals surface area contributed by atoms with E-state index in [0.717, 1.165) is 28.5 Å². The van der Waals surface area contributed by atoms with Gasteiger partial charge >= 0.3 is 0 Å². The maximum Gasteiger partial charge on any atom is 0.0915 e. The Hall–Kier alpha value is -4.87. The van der Waals surface area contributed by atoms with Crippen LogP contribution >= 0.6 is 11.3 Å². The Bertz CT molecular complexity index is 2070. The fraction of sp³-hybridized carbons (Fsp3) is 0. The van der Waals surface area contributed by atoms with Gasteiger partial charge in [-0.3, -0.25) is 9.97 Å². The van der Waals surface area contributed by atoms with Crippen LogP contribution in [0.2, 0.25) is 0 Å². The van der Waals surface area contributed by atoms with E-state index in [2.05, 4.69) is 86.6 Å². The molecular formula is C33H20N4S. The lowest BCUT2D eigenvalue weighted by molar-refractivity contribution is 1.15. The second-order valence-corrected chi connectivity index (χ2v) is 10.3. The standard InChI is InChI=1S/C33H20N4S/c1-2-8-24-21(7-1)12-14-30-31(24)25-13-11-22-15-18-38-33(22)32(25)37(30)23-19-28(26-9-3-5-16-34-26)36-29(20-23)27-10-4-6-17-35-27/h1-20H. The molecule has 0 saturated carbocycles. The van der Waals surface area contributed by atoms with Gasteiger partial charge in [-0.25, -0.2) is 4.98 Å². The molecule has 8 aromatic rings. The molecule has 0 saturated heterocycles. The minimum atomic E-state index is 0.817. The molecule has 178 valence electrons. The Morgan fingerprint density at radius 1 is 0.579 bits per heavy atom. The lowest BCUT2D eigenvalue weighted by Gasteiger charge is -2.13. The molecule has 3 aromatic carbocycles. The van der Waals surface area contributed by atoms with Gasteiger partial charge in [-0.15, -0.1) is 11.3 Å². The topological polar surface area (TPSA) is 43.6 Å². The summed E-state index contributed by atoms with van der Waals surface area (Å²) in [4.78, 5) is 14.3. The minimum Gasteiger partial charge on any atom is -0.308 e. The van der Waals surface area contributed by atoms with E-state index in [4.69, 9.17) is 4.98 Å². The van der Waals surface area contributed by atoms with Crippen LogP contribution in [0.25, 0.3) is 71.1 Å². The molecule has 0 fully saturated rings. The molecule has 4 nitrogen and oxygen atoms in total. The minimum absolute atomic E-state index is 0.817. The lowest BCUT2D eigenvalue weighted by Crippen LogP contribution is -1.99. The van der Waals surface area contributed by atoms with E-state index in [1.54, 1.807) is 11.3 Å². The fourth-order valence-electron chi connectivity index (χ4n) is 5.50. The number of rotatable bonds is 3. The molecule has 0 unspecified atom stereocenters. The molecule has 5 heteroatoms. The second kappa shape index (κ2) is 8.33. The Labute approximate surface area is 222 Å². The molecule has 5 aromatic heterocycles. The maximum atomic E-state index is 5.01. The average molecular weight is 505 g/mol. The predicted molar refractivity (Wildman–Crippen MR) is 158 cm³/mol. The van der Waals surface area contributed by atoms with Crippen molar-refractivity contribution in [3.05, 3.63) is 121 Å². The van der Waals surface area contributed by atoms with Crippen LogP contribution in [0.5, 0.6) is 0 Å². The third-order valence-electron chi connectivity index (χ3n) is 7.16. The smallest absolute Gasteiger partial charge is 0.0915 e. The highest BCUT2D eigenvalue weighted by Crippen LogP contribution is 2.42. The SMILES string of the molecule is c1ccc(-c2cc(-n3c4ccc5ccccc5c4c4ccc5ccsc5c43)cc(-c3ccccn3)n2)nc1. The molecule has 0 bridgehead atoms. The molecule has 5 heterocycles. The van der Waals surface area contributed by atoms with Gasteiger partial charge in [0.1, 0.15) is 0 Å². The molecule has 0 amide bonds. The first-order chi connectivity index (χ1) is 18.8. The number of aromatic nitrogens is 4. The van der Waals surface area contributed by atoms with Gasteiger partial charge in [-0.2, -0.15) is 0 Å². The van der Waals surface area contributed by atoms with E-state index in [1.807, 2.05) is 48.8 Å². The first-order valence-corrected chi connectivity index (χ1v) is 13.4. The van der Waals surface area contributed by atoms with E-state index in [-0.39, 0.29) is 0 Å². The van der Waals surface area contributed by atoms with Crippen molar-refractivity contribution in [2.75, 3.05) is 0 Å². The van der Waals surface area contributed by atoms with Crippen molar-refractivity contribution in [2.45, 2.75) is 0 Å². The van der Waals surface area contributed by atoms with Gasteiger partial charge in [0.05, 0.1) is 44.2 Å². The van der Waals surface area contributed by atoms with Crippen molar-refractivity contribution >= 4 is 54.0 Å². The van der Waals surface area contributed by atoms with Crippen molar-refractivity contribution in [3.63, 3.8) is 0 Å². The highest BCUT2D eigenvalue weighted by atomic mass is 32.1. The predicted octanol–water partition coefficient (Wildman–Crippen LogP) is 8.67. The van der Waals surface area contributed by atoms with E-state index in [0.29, 0.717) is 0 Å². The van der Waals surface area contributed by atoms with Gasteiger partial charge in [0.2, 0.25) is 0 Å². The molecule has 0 aliphatic rings. The largest absolute Gasteiger partial charge is 0.308 e. The zero-order valence-corrected chi connectivity index (χ0v) is 21.1.